The van der Waals surface area contributed by atoms with Crippen molar-refractivity contribution in [2.24, 2.45) is 0 Å². The zero-order valence-electron chi connectivity index (χ0n) is 19.1. The van der Waals surface area contributed by atoms with Crippen molar-refractivity contribution >= 4 is 22.6 Å². The van der Waals surface area contributed by atoms with Crippen LogP contribution in [0.4, 0.5) is 10.5 Å². The number of carbonyl (C=O) groups is 1. The number of benzene rings is 2. The fourth-order valence-electron chi connectivity index (χ4n) is 4.21. The van der Waals surface area contributed by atoms with Crippen molar-refractivity contribution in [2.45, 2.75) is 51.8 Å². The molecule has 3 aromatic rings. The molecule has 168 valence electrons. The van der Waals surface area contributed by atoms with E-state index in [1.165, 1.54) is 10.9 Å². The molecular weight excluding hydrogens is 400 g/mol. The molecule has 2 heterocycles. The Bertz CT molecular complexity index is 1100. The first kappa shape index (κ1) is 22.1. The molecule has 32 heavy (non-hydrogen) atoms. The third kappa shape index (κ3) is 5.56. The number of nitrogen functional groups attached to an aromatic ring is 1. The summed E-state index contributed by atoms with van der Waals surface area (Å²) in [6.45, 7) is 8.41. The highest BCUT2D eigenvalue weighted by molar-refractivity contribution is 5.96. The van der Waals surface area contributed by atoms with Crippen LogP contribution in [-0.4, -0.2) is 40.7 Å². The van der Waals surface area contributed by atoms with Gasteiger partial charge in [0.05, 0.1) is 0 Å². The normalized spacial score (nSPS) is 15.6. The maximum absolute atomic E-state index is 12.0. The van der Waals surface area contributed by atoms with E-state index in [9.17, 15) is 4.79 Å². The Morgan fingerprint density at radius 3 is 2.66 bits per heavy atom. The van der Waals surface area contributed by atoms with Gasteiger partial charge in [0.25, 0.3) is 0 Å². The minimum absolute atomic E-state index is 0.166. The number of alkyl carbamates (subject to hydrolysis) is 1. The van der Waals surface area contributed by atoms with Gasteiger partial charge in [0.1, 0.15) is 5.60 Å². The van der Waals surface area contributed by atoms with Crippen LogP contribution < -0.4 is 11.1 Å². The number of hydrogen-bond donors (Lipinski definition) is 2. The summed E-state index contributed by atoms with van der Waals surface area (Å²) in [5, 5.41) is 5.31. The van der Waals surface area contributed by atoms with E-state index in [1.54, 1.807) is 0 Å². The standard InChI is InChI=1S/C26H32N4O2/c1-26(2,3)32-25(31)29-22-9-11-30(12-10-22)17-18-7-8-20-15-28-16-24(23(20)13-18)19-5-4-6-21(27)14-19/h4-8,13-16,22H,9-12,17,27H2,1-3H3,(H,29,31). The smallest absolute Gasteiger partial charge is 0.407 e. The number of nitrogens with two attached hydrogens (primary N) is 1. The predicted molar refractivity (Wildman–Crippen MR) is 129 cm³/mol. The molecule has 1 aliphatic rings. The molecule has 4 rings (SSSR count). The molecule has 0 radical (unpaired) electrons. The molecule has 0 saturated carbocycles. The molecule has 1 aromatic heterocycles. The van der Waals surface area contributed by atoms with Gasteiger partial charge in [-0.25, -0.2) is 4.79 Å². The van der Waals surface area contributed by atoms with Crippen LogP contribution in [0.3, 0.4) is 0 Å². The minimum Gasteiger partial charge on any atom is -0.444 e. The van der Waals surface area contributed by atoms with Crippen molar-refractivity contribution in [3.05, 3.63) is 60.4 Å². The molecule has 0 aliphatic carbocycles. The molecule has 6 heteroatoms. The van der Waals surface area contributed by atoms with Gasteiger partial charge in [0.15, 0.2) is 0 Å². The van der Waals surface area contributed by atoms with Gasteiger partial charge >= 0.3 is 6.09 Å². The number of nitrogens with one attached hydrogen (secondary N) is 1. The first-order chi connectivity index (χ1) is 15.3. The highest BCUT2D eigenvalue weighted by atomic mass is 16.6. The van der Waals surface area contributed by atoms with Crippen LogP contribution in [0.2, 0.25) is 0 Å². The minimum atomic E-state index is -0.472. The van der Waals surface area contributed by atoms with Crippen molar-refractivity contribution in [2.75, 3.05) is 18.8 Å². The topological polar surface area (TPSA) is 80.5 Å². The Kier molecular flexibility index (Phi) is 6.33. The van der Waals surface area contributed by atoms with Crippen LogP contribution in [0.25, 0.3) is 21.9 Å². The fraction of sp³-hybridized carbons (Fsp3) is 0.385. The van der Waals surface area contributed by atoms with Gasteiger partial charge in [-0.1, -0.05) is 24.3 Å². The number of nitrogens with zero attached hydrogens (tertiary/aromatic N) is 2. The second-order valence-electron chi connectivity index (χ2n) is 9.56. The van der Waals surface area contributed by atoms with Crippen LogP contribution in [0.5, 0.6) is 0 Å². The molecule has 0 atom stereocenters. The zero-order valence-corrected chi connectivity index (χ0v) is 19.1. The summed E-state index contributed by atoms with van der Waals surface area (Å²) in [4.78, 5) is 18.9. The number of anilines is 1. The molecular formula is C26H32N4O2. The van der Waals surface area contributed by atoms with E-state index in [0.29, 0.717) is 0 Å². The molecule has 1 amide bonds. The highest BCUT2D eigenvalue weighted by Crippen LogP contribution is 2.30. The number of fused-ring (bicyclic) bond motifs is 1. The molecule has 6 nitrogen and oxygen atoms in total. The lowest BCUT2D eigenvalue weighted by Gasteiger charge is -2.33. The average Bonchev–Trinajstić information content (AvgIpc) is 2.73. The highest BCUT2D eigenvalue weighted by Gasteiger charge is 2.23. The zero-order chi connectivity index (χ0) is 22.7. The molecule has 2 aromatic carbocycles. The van der Waals surface area contributed by atoms with Crippen molar-refractivity contribution in [1.82, 2.24) is 15.2 Å². The van der Waals surface area contributed by atoms with E-state index < -0.39 is 5.60 Å². The SMILES string of the molecule is CC(C)(C)OC(=O)NC1CCN(Cc2ccc3cncc(-c4cccc(N)c4)c3c2)CC1. The van der Waals surface area contributed by atoms with E-state index >= 15 is 0 Å². The van der Waals surface area contributed by atoms with Gasteiger partial charge in [-0.3, -0.25) is 9.88 Å². The lowest BCUT2D eigenvalue weighted by atomic mass is 9.98. The van der Waals surface area contributed by atoms with Gasteiger partial charge in [0.2, 0.25) is 0 Å². The van der Waals surface area contributed by atoms with Crippen LogP contribution in [0.15, 0.2) is 54.9 Å². The number of amides is 1. The van der Waals surface area contributed by atoms with E-state index in [2.05, 4.69) is 39.5 Å². The first-order valence-corrected chi connectivity index (χ1v) is 11.2. The first-order valence-electron chi connectivity index (χ1n) is 11.2. The number of piperidine rings is 1. The summed E-state index contributed by atoms with van der Waals surface area (Å²) < 4.78 is 5.38. The van der Waals surface area contributed by atoms with Gasteiger partial charge < -0.3 is 15.8 Å². The van der Waals surface area contributed by atoms with Crippen molar-refractivity contribution in [1.29, 1.82) is 0 Å². The summed E-state index contributed by atoms with van der Waals surface area (Å²) in [7, 11) is 0. The van der Waals surface area contributed by atoms with E-state index in [4.69, 9.17) is 10.5 Å². The van der Waals surface area contributed by atoms with Crippen LogP contribution in [0.1, 0.15) is 39.2 Å². The molecule has 0 spiro atoms. The monoisotopic (exact) mass is 432 g/mol. The van der Waals surface area contributed by atoms with Crippen LogP contribution in [-0.2, 0) is 11.3 Å². The maximum atomic E-state index is 12.0. The number of hydrogen-bond acceptors (Lipinski definition) is 5. The third-order valence-electron chi connectivity index (χ3n) is 5.74. The lowest BCUT2D eigenvalue weighted by Crippen LogP contribution is -2.45. The van der Waals surface area contributed by atoms with Gasteiger partial charge in [-0.05, 0) is 68.3 Å². The molecule has 1 fully saturated rings. The Hall–Kier alpha value is -3.12. The predicted octanol–water partition coefficient (Wildman–Crippen LogP) is 4.97. The lowest BCUT2D eigenvalue weighted by molar-refractivity contribution is 0.0477. The summed E-state index contributed by atoms with van der Waals surface area (Å²) in [5.41, 5.74) is 9.72. The largest absolute Gasteiger partial charge is 0.444 e. The van der Waals surface area contributed by atoms with Crippen molar-refractivity contribution in [3.63, 3.8) is 0 Å². The Labute approximate surface area is 189 Å². The van der Waals surface area contributed by atoms with E-state index in [1.807, 2.05) is 51.4 Å². The van der Waals surface area contributed by atoms with Crippen molar-refractivity contribution < 1.29 is 9.53 Å². The number of likely N-dealkylation sites (tertiary alicyclic amines) is 1. The Morgan fingerprint density at radius 1 is 1.16 bits per heavy atom. The summed E-state index contributed by atoms with van der Waals surface area (Å²) in [6, 6.07) is 14.7. The maximum Gasteiger partial charge on any atom is 0.407 e. The average molecular weight is 433 g/mol. The fourth-order valence-corrected chi connectivity index (χ4v) is 4.21. The summed E-state index contributed by atoms with van der Waals surface area (Å²) in [5.74, 6) is 0. The quantitative estimate of drug-likeness (QED) is 0.569. The third-order valence-corrected chi connectivity index (χ3v) is 5.74. The molecule has 3 N–H and O–H groups in total. The van der Waals surface area contributed by atoms with Crippen LogP contribution >= 0.6 is 0 Å². The second kappa shape index (κ2) is 9.17. The van der Waals surface area contributed by atoms with Gasteiger partial charge in [-0.15, -0.1) is 0 Å². The molecule has 0 bridgehead atoms. The van der Waals surface area contributed by atoms with E-state index in [0.717, 1.165) is 54.7 Å². The second-order valence-corrected chi connectivity index (χ2v) is 9.56. The number of aromatic nitrogens is 1. The molecule has 0 unspecified atom stereocenters. The number of ether oxygens (including phenoxy) is 1. The van der Waals surface area contributed by atoms with Gasteiger partial charge in [0, 0.05) is 54.7 Å². The Morgan fingerprint density at radius 2 is 1.94 bits per heavy atom. The van der Waals surface area contributed by atoms with Crippen molar-refractivity contribution in [3.8, 4) is 11.1 Å². The molecule has 1 saturated heterocycles. The summed E-state index contributed by atoms with van der Waals surface area (Å²) in [6.07, 6.45) is 5.33. The van der Waals surface area contributed by atoms with Gasteiger partial charge in [-0.2, -0.15) is 0 Å². The summed E-state index contributed by atoms with van der Waals surface area (Å²) >= 11 is 0. The molecule has 1 aliphatic heterocycles. The van der Waals surface area contributed by atoms with E-state index in [-0.39, 0.29) is 12.1 Å². The number of pyridine rings is 1. The number of carbonyl (C=O) groups excluding carboxylic acids is 1. The number of rotatable bonds is 4. The Balaban J connectivity index is 1.42. The van der Waals surface area contributed by atoms with Crippen LogP contribution in [0, 0.1) is 0 Å².